The summed E-state index contributed by atoms with van der Waals surface area (Å²) in [5, 5.41) is 25.4. The molecule has 14 heteroatoms. The van der Waals surface area contributed by atoms with E-state index in [9.17, 15) is 18.5 Å². The zero-order valence-corrected chi connectivity index (χ0v) is 16.4. The van der Waals surface area contributed by atoms with Gasteiger partial charge in [0.2, 0.25) is 0 Å². The van der Waals surface area contributed by atoms with Crippen LogP contribution in [0.2, 0.25) is 0 Å². The van der Waals surface area contributed by atoms with Crippen LogP contribution in [0.15, 0.2) is 59.8 Å². The van der Waals surface area contributed by atoms with Gasteiger partial charge >= 0.3 is 11.9 Å². The summed E-state index contributed by atoms with van der Waals surface area (Å²) in [5.74, 6) is -3.65. The lowest BCUT2D eigenvalue weighted by molar-refractivity contribution is -0.384. The number of hydrogen-bond acceptors (Lipinski definition) is 8. The maximum atomic E-state index is 12.1. The second-order valence-corrected chi connectivity index (χ2v) is 7.18. The van der Waals surface area contributed by atoms with Gasteiger partial charge in [0.15, 0.2) is 0 Å². The minimum Gasteiger partial charge on any atom is -0.473 e. The first-order valence-electron chi connectivity index (χ1n) is 8.12. The number of carboxylic acids is 2. The molecule has 0 radical (unpaired) electrons. The van der Waals surface area contributed by atoms with Gasteiger partial charge in [-0.3, -0.25) is 14.3 Å². The molecule has 4 N–H and O–H groups in total. The summed E-state index contributed by atoms with van der Waals surface area (Å²) in [6.45, 7) is 0.242. The van der Waals surface area contributed by atoms with Gasteiger partial charge in [0.05, 0.1) is 33.8 Å². The van der Waals surface area contributed by atoms with Gasteiger partial charge in [-0.1, -0.05) is 12.1 Å². The van der Waals surface area contributed by atoms with Crippen LogP contribution in [0.5, 0.6) is 0 Å². The van der Waals surface area contributed by atoms with Crippen LogP contribution in [-0.4, -0.2) is 57.1 Å². The number of carboxylic acid groups (broad SMARTS) is 2. The molecule has 0 aliphatic heterocycles. The predicted octanol–water partition coefficient (Wildman–Crippen LogP) is 0.681. The lowest BCUT2D eigenvalue weighted by Gasteiger charge is -2.07. The van der Waals surface area contributed by atoms with Gasteiger partial charge in [0.25, 0.3) is 15.8 Å². The largest absolute Gasteiger partial charge is 0.473 e. The Morgan fingerprint density at radius 1 is 1.06 bits per heavy atom. The standard InChI is InChI=1S/C15H13N3O5S.C2H2O4.H2O/c19-18(20)12-5-7-13(8-6-12)24(21,22)23-10-9-17-11-16-14-3-1-2-4-15(14)17;3-1(4)2(5)6;/h1-8,11H,9-10H2;(H,3,4)(H,5,6);1H2. The topological polar surface area (TPSA) is 210 Å². The normalized spacial score (nSPS) is 10.5. The maximum Gasteiger partial charge on any atom is 0.414 e. The number of benzene rings is 2. The minimum absolute atomic E-state index is 0. The van der Waals surface area contributed by atoms with Crippen molar-refractivity contribution in [2.75, 3.05) is 6.61 Å². The Kier molecular flexibility index (Phi) is 8.74. The van der Waals surface area contributed by atoms with E-state index in [4.69, 9.17) is 24.0 Å². The third-order valence-corrected chi connectivity index (χ3v) is 4.94. The average molecular weight is 455 g/mol. The molecule has 0 saturated heterocycles. The molecule has 3 aromatic rings. The van der Waals surface area contributed by atoms with Crippen LogP contribution in [0.1, 0.15) is 0 Å². The van der Waals surface area contributed by atoms with E-state index >= 15 is 0 Å². The summed E-state index contributed by atoms with van der Waals surface area (Å²) in [5.41, 5.74) is 1.52. The molecule has 3 rings (SSSR count). The second kappa shape index (κ2) is 10.8. The Morgan fingerprint density at radius 2 is 1.65 bits per heavy atom. The molecule has 0 amide bonds. The molecule has 31 heavy (non-hydrogen) atoms. The number of nitro benzene ring substituents is 1. The van der Waals surface area contributed by atoms with Gasteiger partial charge in [0.1, 0.15) is 0 Å². The number of hydrogen-bond donors (Lipinski definition) is 2. The summed E-state index contributed by atoms with van der Waals surface area (Å²) < 4.78 is 31.0. The highest BCUT2D eigenvalue weighted by Gasteiger charge is 2.17. The molecule has 1 aromatic heterocycles. The van der Waals surface area contributed by atoms with Crippen molar-refractivity contribution in [1.82, 2.24) is 9.55 Å². The van der Waals surface area contributed by atoms with Gasteiger partial charge < -0.3 is 20.3 Å². The summed E-state index contributed by atoms with van der Waals surface area (Å²) in [7, 11) is -3.97. The highest BCUT2D eigenvalue weighted by Crippen LogP contribution is 2.18. The SMILES string of the molecule is O.O=C(O)C(=O)O.O=[N+]([O-])c1ccc(S(=O)(=O)OCCn2cnc3ccccc32)cc1. The van der Waals surface area contributed by atoms with Crippen molar-refractivity contribution in [2.45, 2.75) is 11.4 Å². The van der Waals surface area contributed by atoms with Crippen LogP contribution in [-0.2, 0) is 30.4 Å². The molecule has 0 aliphatic rings. The molecule has 0 unspecified atom stereocenters. The van der Waals surface area contributed by atoms with Gasteiger partial charge in [-0.2, -0.15) is 8.42 Å². The molecule has 0 bridgehead atoms. The minimum atomic E-state index is -3.97. The predicted molar refractivity (Wildman–Crippen MR) is 105 cm³/mol. The third kappa shape index (κ3) is 6.84. The Balaban J connectivity index is 0.000000607. The van der Waals surface area contributed by atoms with E-state index in [-0.39, 0.29) is 22.7 Å². The lowest BCUT2D eigenvalue weighted by Crippen LogP contribution is -2.11. The van der Waals surface area contributed by atoms with Crippen LogP contribution < -0.4 is 0 Å². The van der Waals surface area contributed by atoms with Crippen LogP contribution in [0.4, 0.5) is 5.69 Å². The number of non-ortho nitro benzene ring substituents is 1. The van der Waals surface area contributed by atoms with Crippen molar-refractivity contribution in [3.05, 3.63) is 65.0 Å². The van der Waals surface area contributed by atoms with E-state index in [2.05, 4.69) is 4.98 Å². The fourth-order valence-corrected chi connectivity index (χ4v) is 3.14. The third-order valence-electron chi connectivity index (χ3n) is 3.62. The van der Waals surface area contributed by atoms with E-state index in [1.54, 1.807) is 10.9 Å². The molecule has 0 fully saturated rings. The van der Waals surface area contributed by atoms with E-state index in [1.165, 1.54) is 0 Å². The Bertz CT molecular complexity index is 1160. The fraction of sp³-hybridized carbons (Fsp3) is 0.118. The molecule has 0 aliphatic carbocycles. The molecule has 0 atom stereocenters. The lowest BCUT2D eigenvalue weighted by atomic mass is 10.3. The quantitative estimate of drug-likeness (QED) is 0.229. The zero-order valence-electron chi connectivity index (χ0n) is 15.6. The fourth-order valence-electron chi connectivity index (χ4n) is 2.24. The van der Waals surface area contributed by atoms with Gasteiger partial charge in [-0.15, -0.1) is 0 Å². The second-order valence-electron chi connectivity index (χ2n) is 5.56. The summed E-state index contributed by atoms with van der Waals surface area (Å²) >= 11 is 0. The van der Waals surface area contributed by atoms with Crippen molar-refractivity contribution in [1.29, 1.82) is 0 Å². The molecule has 166 valence electrons. The Hall–Kier alpha value is -3.88. The van der Waals surface area contributed by atoms with Crippen LogP contribution in [0, 0.1) is 10.1 Å². The molecule has 0 spiro atoms. The number of nitro groups is 1. The number of para-hydroxylation sites is 2. The van der Waals surface area contributed by atoms with Crippen LogP contribution in [0.3, 0.4) is 0 Å². The Morgan fingerprint density at radius 3 is 2.19 bits per heavy atom. The summed E-state index contributed by atoms with van der Waals surface area (Å²) in [6.07, 6.45) is 1.62. The maximum absolute atomic E-state index is 12.1. The van der Waals surface area contributed by atoms with Crippen LogP contribution in [0.25, 0.3) is 11.0 Å². The Labute approximate surface area is 174 Å². The first kappa shape index (κ1) is 25.2. The monoisotopic (exact) mass is 455 g/mol. The smallest absolute Gasteiger partial charge is 0.414 e. The van der Waals surface area contributed by atoms with Crippen molar-refractivity contribution >= 4 is 38.8 Å². The van der Waals surface area contributed by atoms with Crippen molar-refractivity contribution in [2.24, 2.45) is 0 Å². The van der Waals surface area contributed by atoms with Crippen molar-refractivity contribution < 1.29 is 42.8 Å². The molecular formula is C17H17N3O10S. The van der Waals surface area contributed by atoms with Crippen molar-refractivity contribution in [3.8, 4) is 0 Å². The molecule has 13 nitrogen and oxygen atoms in total. The van der Waals surface area contributed by atoms with Crippen LogP contribution >= 0.6 is 0 Å². The number of aromatic nitrogens is 2. The number of fused-ring (bicyclic) bond motifs is 1. The zero-order chi connectivity index (χ0) is 22.3. The molecular weight excluding hydrogens is 438 g/mol. The molecule has 0 saturated carbocycles. The highest BCUT2D eigenvalue weighted by molar-refractivity contribution is 7.86. The molecule has 2 aromatic carbocycles. The first-order chi connectivity index (χ1) is 14.1. The number of aliphatic carboxylic acids is 2. The highest BCUT2D eigenvalue weighted by atomic mass is 32.2. The number of nitrogens with zero attached hydrogens (tertiary/aromatic N) is 3. The number of carbonyl (C=O) groups is 2. The number of rotatable bonds is 6. The van der Waals surface area contributed by atoms with Crippen molar-refractivity contribution in [3.63, 3.8) is 0 Å². The first-order valence-corrected chi connectivity index (χ1v) is 9.52. The average Bonchev–Trinajstić information content (AvgIpc) is 3.11. The summed E-state index contributed by atoms with van der Waals surface area (Å²) in [6, 6.07) is 12.0. The van der Waals surface area contributed by atoms with Gasteiger partial charge in [-0.05, 0) is 24.3 Å². The summed E-state index contributed by atoms with van der Waals surface area (Å²) in [4.78, 5) is 32.3. The van der Waals surface area contributed by atoms with E-state index in [0.29, 0.717) is 6.54 Å². The van der Waals surface area contributed by atoms with E-state index in [1.807, 2.05) is 24.3 Å². The van der Waals surface area contributed by atoms with Gasteiger partial charge in [-0.25, -0.2) is 14.6 Å². The number of imidazole rings is 1. The molecule has 1 heterocycles. The van der Waals surface area contributed by atoms with E-state index < -0.39 is 27.0 Å². The van der Waals surface area contributed by atoms with Gasteiger partial charge in [0, 0.05) is 18.7 Å². The van der Waals surface area contributed by atoms with E-state index in [0.717, 1.165) is 35.3 Å².